The quantitative estimate of drug-likeness (QED) is 0.213. The highest BCUT2D eigenvalue weighted by Crippen LogP contribution is 2.50. The van der Waals surface area contributed by atoms with Crippen molar-refractivity contribution in [2.24, 2.45) is 0 Å². The van der Waals surface area contributed by atoms with Crippen molar-refractivity contribution >= 4 is 0 Å². The number of halogens is 1. The fourth-order valence-corrected chi connectivity index (χ4v) is 8.06. The first-order valence-corrected chi connectivity index (χ1v) is 17.5. The maximum Gasteiger partial charge on any atom is 0.231 e. The Labute approximate surface area is 313 Å². The van der Waals surface area contributed by atoms with E-state index in [-0.39, 0.29) is 31.3 Å². The Hall–Kier alpha value is -4.51. The van der Waals surface area contributed by atoms with E-state index in [1.165, 1.54) is 27.8 Å². The van der Waals surface area contributed by atoms with E-state index < -0.39 is 0 Å². The van der Waals surface area contributed by atoms with Crippen LogP contribution in [-0.2, 0) is 25.7 Å². The van der Waals surface area contributed by atoms with E-state index in [1.807, 2.05) is 18.2 Å². The fourth-order valence-electron chi connectivity index (χ4n) is 8.06. The van der Waals surface area contributed by atoms with Crippen LogP contribution >= 0.6 is 0 Å². The molecular weight excluding hydrogens is 684 g/mol. The molecule has 0 amide bonds. The zero-order valence-electron chi connectivity index (χ0n) is 31.3. The highest BCUT2D eigenvalue weighted by molar-refractivity contribution is 5.62. The van der Waals surface area contributed by atoms with Gasteiger partial charge in [0, 0.05) is 42.1 Å². The van der Waals surface area contributed by atoms with Crippen LogP contribution in [0.2, 0.25) is 0 Å². The Kier molecular flexibility index (Phi) is 10.9. The SMILES string of the molecule is COc1ccc(C[C@H]2c3cc(OC)c(OC)c(OC)c3CC[N+]2(C)C)cc1Oc1ccc(C[C@H]2c3cc4c(c(OC)c3CCN2C)OCO4)cc1.[Cl-]. The maximum atomic E-state index is 6.51. The summed E-state index contributed by atoms with van der Waals surface area (Å²) in [7, 11) is 15.1. The average molecular weight is 733 g/mol. The number of fused-ring (bicyclic) bond motifs is 3. The summed E-state index contributed by atoms with van der Waals surface area (Å²) >= 11 is 0. The van der Waals surface area contributed by atoms with Gasteiger partial charge >= 0.3 is 0 Å². The first kappa shape index (κ1) is 37.3. The lowest BCUT2D eigenvalue weighted by molar-refractivity contribution is -0.923. The van der Waals surface area contributed by atoms with Crippen LogP contribution in [0.25, 0.3) is 0 Å². The molecule has 52 heavy (non-hydrogen) atoms. The van der Waals surface area contributed by atoms with Crippen LogP contribution in [0.15, 0.2) is 54.6 Å². The van der Waals surface area contributed by atoms with Crippen molar-refractivity contribution in [2.45, 2.75) is 37.8 Å². The van der Waals surface area contributed by atoms with Crippen LogP contribution in [0.5, 0.6) is 51.7 Å². The third kappa shape index (κ3) is 6.75. The third-order valence-corrected chi connectivity index (χ3v) is 10.9. The third-order valence-electron chi connectivity index (χ3n) is 10.9. The van der Waals surface area contributed by atoms with E-state index in [0.29, 0.717) is 28.7 Å². The summed E-state index contributed by atoms with van der Waals surface area (Å²) in [6.45, 7) is 2.12. The van der Waals surface area contributed by atoms with Gasteiger partial charge in [0.15, 0.2) is 34.5 Å². The van der Waals surface area contributed by atoms with Crippen LogP contribution in [-0.4, -0.2) is 86.0 Å². The normalized spacial score (nSPS) is 18.4. The van der Waals surface area contributed by atoms with Crippen molar-refractivity contribution in [1.29, 1.82) is 0 Å². The molecule has 10 nitrogen and oxygen atoms in total. The van der Waals surface area contributed by atoms with Gasteiger partial charge in [-0.25, -0.2) is 0 Å². The monoisotopic (exact) mass is 732 g/mol. The van der Waals surface area contributed by atoms with E-state index in [0.717, 1.165) is 71.8 Å². The Morgan fingerprint density at radius 3 is 2.08 bits per heavy atom. The topological polar surface area (TPSA) is 77.1 Å². The molecular formula is C41H49ClN2O8. The van der Waals surface area contributed by atoms with Crippen molar-refractivity contribution in [3.63, 3.8) is 0 Å². The van der Waals surface area contributed by atoms with Crippen LogP contribution in [0.1, 0.15) is 45.5 Å². The minimum atomic E-state index is 0. The Balaban J connectivity index is 0.00000464. The van der Waals surface area contributed by atoms with Gasteiger partial charge in [0.2, 0.25) is 18.3 Å². The molecule has 2 atom stereocenters. The van der Waals surface area contributed by atoms with E-state index in [9.17, 15) is 0 Å². The summed E-state index contributed by atoms with van der Waals surface area (Å²) in [5, 5.41) is 0. The van der Waals surface area contributed by atoms with Crippen LogP contribution in [0, 0.1) is 0 Å². The Morgan fingerprint density at radius 2 is 1.38 bits per heavy atom. The van der Waals surface area contributed by atoms with E-state index >= 15 is 0 Å². The minimum Gasteiger partial charge on any atom is -1.00 e. The standard InChI is InChI=1S/C41H49N2O8.ClH/c1-42-17-15-28-30(22-37-41(39(28)47-7)50-24-49-37)32(42)19-25-9-12-27(13-10-25)51-35-21-26(11-14-34(35)44-4)20-33-31-23-36(45-5)40(48-8)38(46-6)29(31)16-18-43(33,2)3;/h9-14,21-23,32-33H,15-20,24H2,1-8H3;1H/q+1;/p-1/t32-,33-;/m0./s1. The molecule has 3 heterocycles. The number of hydrogen-bond acceptors (Lipinski definition) is 9. The van der Waals surface area contributed by atoms with Gasteiger partial charge in [0.05, 0.1) is 56.2 Å². The second kappa shape index (κ2) is 15.2. The van der Waals surface area contributed by atoms with Gasteiger partial charge in [0.1, 0.15) is 11.8 Å². The molecule has 3 aliphatic heterocycles. The molecule has 3 aliphatic rings. The summed E-state index contributed by atoms with van der Waals surface area (Å²) in [5.41, 5.74) is 7.18. The van der Waals surface area contributed by atoms with Crippen molar-refractivity contribution in [3.05, 3.63) is 88.0 Å². The summed E-state index contributed by atoms with van der Waals surface area (Å²) in [5.74, 6) is 6.44. The molecule has 0 aliphatic carbocycles. The van der Waals surface area contributed by atoms with Gasteiger partial charge in [-0.2, -0.15) is 0 Å². The number of ether oxygens (including phenoxy) is 8. The second-order valence-corrected chi connectivity index (χ2v) is 14.1. The molecule has 0 fully saturated rings. The smallest absolute Gasteiger partial charge is 0.231 e. The van der Waals surface area contributed by atoms with Crippen molar-refractivity contribution < 1.29 is 54.8 Å². The molecule has 0 unspecified atom stereocenters. The molecule has 278 valence electrons. The first-order chi connectivity index (χ1) is 24.7. The van der Waals surface area contributed by atoms with Gasteiger partial charge in [-0.3, -0.25) is 4.90 Å². The molecule has 0 aromatic heterocycles. The number of benzene rings is 4. The van der Waals surface area contributed by atoms with Gasteiger partial charge in [0.25, 0.3) is 0 Å². The molecule has 0 saturated heterocycles. The highest BCUT2D eigenvalue weighted by atomic mass is 35.5. The van der Waals surface area contributed by atoms with Gasteiger partial charge in [-0.15, -0.1) is 0 Å². The van der Waals surface area contributed by atoms with Crippen LogP contribution in [0.3, 0.4) is 0 Å². The zero-order valence-corrected chi connectivity index (χ0v) is 32.1. The lowest BCUT2D eigenvalue weighted by atomic mass is 9.86. The van der Waals surface area contributed by atoms with Crippen molar-refractivity contribution in [1.82, 2.24) is 4.90 Å². The van der Waals surface area contributed by atoms with Crippen LogP contribution < -0.4 is 50.3 Å². The molecule has 7 rings (SSSR count). The average Bonchev–Trinajstić information content (AvgIpc) is 3.61. The van der Waals surface area contributed by atoms with Crippen LogP contribution in [0.4, 0.5) is 0 Å². The summed E-state index contributed by atoms with van der Waals surface area (Å²) in [6.07, 6.45) is 3.42. The predicted molar refractivity (Wildman–Crippen MR) is 195 cm³/mol. The number of methoxy groups -OCH3 is 5. The van der Waals surface area contributed by atoms with E-state index in [1.54, 1.807) is 35.5 Å². The Morgan fingerprint density at radius 1 is 0.692 bits per heavy atom. The Bertz CT molecular complexity index is 1910. The minimum absolute atomic E-state index is 0. The number of quaternary nitrogens is 1. The molecule has 11 heteroatoms. The van der Waals surface area contributed by atoms with E-state index in [4.69, 9.17) is 37.9 Å². The van der Waals surface area contributed by atoms with Crippen molar-refractivity contribution in [2.75, 3.05) is 76.6 Å². The maximum absolute atomic E-state index is 6.51. The van der Waals surface area contributed by atoms with Gasteiger partial charge in [-0.1, -0.05) is 18.2 Å². The number of nitrogens with zero attached hydrogens (tertiary/aromatic N) is 2. The molecule has 0 saturated carbocycles. The molecule has 0 radical (unpaired) electrons. The lowest BCUT2D eigenvalue weighted by Crippen LogP contribution is -3.00. The molecule has 0 spiro atoms. The van der Waals surface area contributed by atoms with Crippen molar-refractivity contribution in [3.8, 4) is 51.7 Å². The van der Waals surface area contributed by atoms with Gasteiger partial charge in [-0.05, 0) is 73.0 Å². The molecule has 0 bridgehead atoms. The number of likely N-dealkylation sites (N-methyl/N-ethyl adjacent to an activating group) is 2. The first-order valence-electron chi connectivity index (χ1n) is 17.5. The lowest BCUT2D eigenvalue weighted by Gasteiger charge is -2.43. The summed E-state index contributed by atoms with van der Waals surface area (Å²) in [4.78, 5) is 2.40. The largest absolute Gasteiger partial charge is 1.00 e. The zero-order chi connectivity index (χ0) is 35.9. The van der Waals surface area contributed by atoms with E-state index in [2.05, 4.69) is 62.4 Å². The molecule has 4 aromatic rings. The predicted octanol–water partition coefficient (Wildman–Crippen LogP) is 3.94. The van der Waals surface area contributed by atoms with Gasteiger partial charge < -0.3 is 54.8 Å². The second-order valence-electron chi connectivity index (χ2n) is 14.1. The molecule has 0 N–H and O–H groups in total. The number of hydrogen-bond donors (Lipinski definition) is 0. The molecule has 4 aromatic carbocycles. The highest BCUT2D eigenvalue weighted by Gasteiger charge is 2.39. The number of rotatable bonds is 11. The fraction of sp³-hybridized carbons (Fsp3) is 0.415. The summed E-state index contributed by atoms with van der Waals surface area (Å²) < 4.78 is 47.8. The summed E-state index contributed by atoms with van der Waals surface area (Å²) in [6, 6.07) is 19.2.